The van der Waals surface area contributed by atoms with Crippen LogP contribution in [0.5, 0.6) is 5.75 Å². The van der Waals surface area contributed by atoms with Gasteiger partial charge in [-0.05, 0) is 62.8 Å². The molecule has 3 unspecified atom stereocenters. The van der Waals surface area contributed by atoms with Crippen LogP contribution >= 0.6 is 0 Å². The molecule has 1 aliphatic carbocycles. The number of hydrogen-bond acceptors (Lipinski definition) is 7. The first-order chi connectivity index (χ1) is 21.1. The van der Waals surface area contributed by atoms with Gasteiger partial charge >= 0.3 is 18.4 Å². The van der Waals surface area contributed by atoms with Crippen LogP contribution in [-0.4, -0.2) is 54.2 Å². The molecule has 2 aliphatic heterocycles. The fourth-order valence-electron chi connectivity index (χ4n) is 6.40. The fourth-order valence-corrected chi connectivity index (χ4v) is 6.40. The number of amides is 2. The highest BCUT2D eigenvalue weighted by atomic mass is 19.4. The Morgan fingerprint density at radius 1 is 1.05 bits per heavy atom. The zero-order chi connectivity index (χ0) is 31.0. The molecule has 2 bridgehead atoms. The largest absolute Gasteiger partial charge is 0.573 e. The van der Waals surface area contributed by atoms with E-state index in [2.05, 4.69) is 15.2 Å². The molecule has 1 saturated carbocycles. The molecule has 3 aromatic rings. The molecule has 234 valence electrons. The average molecular weight is 618 g/mol. The van der Waals surface area contributed by atoms with Crippen molar-refractivity contribution >= 4 is 17.7 Å². The Morgan fingerprint density at radius 2 is 1.82 bits per heavy atom. The molecule has 2 saturated heterocycles. The maximum absolute atomic E-state index is 14.7. The Morgan fingerprint density at radius 3 is 2.57 bits per heavy atom. The van der Waals surface area contributed by atoms with Crippen molar-refractivity contribution in [2.24, 2.45) is 5.92 Å². The number of methoxy groups -OCH3 is 1. The first-order valence-corrected chi connectivity index (χ1v) is 14.5. The molecule has 0 radical (unpaired) electrons. The van der Waals surface area contributed by atoms with Gasteiger partial charge in [-0.3, -0.25) is 0 Å². The number of nitrogens with one attached hydrogen (secondary N) is 1. The Kier molecular flexibility index (Phi) is 8.23. The number of hydrogen-bond donors (Lipinski definition) is 1. The van der Waals surface area contributed by atoms with Crippen LogP contribution in [0.25, 0.3) is 11.3 Å². The number of rotatable bonds is 9. The summed E-state index contributed by atoms with van der Waals surface area (Å²) in [4.78, 5) is 27.3. The van der Waals surface area contributed by atoms with E-state index in [0.717, 1.165) is 44.6 Å². The fraction of sp³-hybridized carbons (Fsp3) is 0.452. The summed E-state index contributed by atoms with van der Waals surface area (Å²) in [5.74, 6) is -1.20. The van der Waals surface area contributed by atoms with Gasteiger partial charge in [0, 0.05) is 35.0 Å². The van der Waals surface area contributed by atoms with Crippen molar-refractivity contribution < 1.29 is 45.9 Å². The van der Waals surface area contributed by atoms with E-state index in [1.807, 2.05) is 0 Å². The summed E-state index contributed by atoms with van der Waals surface area (Å²) in [6, 6.07) is 8.98. The van der Waals surface area contributed by atoms with Crippen LogP contribution in [0.3, 0.4) is 0 Å². The third-order valence-electron chi connectivity index (χ3n) is 8.56. The summed E-state index contributed by atoms with van der Waals surface area (Å²) in [5.41, 5.74) is 0.657. The van der Waals surface area contributed by atoms with Crippen molar-refractivity contribution in [2.75, 3.05) is 19.0 Å². The predicted molar refractivity (Wildman–Crippen MR) is 148 cm³/mol. The van der Waals surface area contributed by atoms with Crippen molar-refractivity contribution in [1.29, 1.82) is 0 Å². The number of halogens is 4. The molecule has 0 spiro atoms. The lowest BCUT2D eigenvalue weighted by Gasteiger charge is -2.40. The number of ether oxygens (including phenoxy) is 3. The molecule has 1 N–H and O–H groups in total. The monoisotopic (exact) mass is 617 g/mol. The molecular formula is C31H31F4N3O6. The number of carbonyl (C=O) groups is 2. The molecule has 6 rings (SSSR count). The third kappa shape index (κ3) is 6.10. The van der Waals surface area contributed by atoms with Crippen LogP contribution in [0.15, 0.2) is 47.0 Å². The van der Waals surface area contributed by atoms with Gasteiger partial charge in [0.05, 0.1) is 31.6 Å². The molecule has 3 aliphatic rings. The number of anilines is 1. The zero-order valence-corrected chi connectivity index (χ0v) is 23.9. The van der Waals surface area contributed by atoms with E-state index in [1.165, 1.54) is 37.4 Å². The van der Waals surface area contributed by atoms with E-state index >= 15 is 0 Å². The van der Waals surface area contributed by atoms with Crippen molar-refractivity contribution in [2.45, 2.75) is 69.5 Å². The summed E-state index contributed by atoms with van der Waals surface area (Å²) in [7, 11) is 1.18. The molecule has 3 atom stereocenters. The normalized spacial score (nSPS) is 21.3. The van der Waals surface area contributed by atoms with Crippen molar-refractivity contribution in [1.82, 2.24) is 10.1 Å². The average Bonchev–Trinajstić information content (AvgIpc) is 3.67. The minimum atomic E-state index is -4.87. The van der Waals surface area contributed by atoms with Gasteiger partial charge < -0.3 is 29.0 Å². The van der Waals surface area contributed by atoms with Gasteiger partial charge in [-0.25, -0.2) is 14.0 Å². The second-order valence-electron chi connectivity index (χ2n) is 11.3. The SMILES string of the molecule is COC(=O)c1cccc(F)c1NC(=O)N1C2CCC(COCc3c(-c4ccccc4OC(F)(F)F)noc3C3CC3)C1CC2. The lowest BCUT2D eigenvalue weighted by Crippen LogP contribution is -2.51. The van der Waals surface area contributed by atoms with Crippen molar-refractivity contribution in [3.63, 3.8) is 0 Å². The van der Waals surface area contributed by atoms with Crippen LogP contribution in [0.2, 0.25) is 0 Å². The van der Waals surface area contributed by atoms with E-state index in [-0.39, 0.29) is 65.4 Å². The molecule has 3 fully saturated rings. The number of carbonyl (C=O) groups excluding carboxylic acids is 2. The topological polar surface area (TPSA) is 103 Å². The lowest BCUT2D eigenvalue weighted by molar-refractivity contribution is -0.274. The van der Waals surface area contributed by atoms with Gasteiger partial charge in [-0.15, -0.1) is 13.2 Å². The van der Waals surface area contributed by atoms with Gasteiger partial charge in [-0.1, -0.05) is 23.4 Å². The molecule has 13 heteroatoms. The van der Waals surface area contributed by atoms with E-state index in [9.17, 15) is 27.2 Å². The summed E-state index contributed by atoms with van der Waals surface area (Å²) in [6.45, 7) is 0.339. The number of para-hydroxylation sites is 2. The quantitative estimate of drug-likeness (QED) is 0.203. The summed E-state index contributed by atoms with van der Waals surface area (Å²) < 4.78 is 74.8. The number of piperidine rings is 1. The van der Waals surface area contributed by atoms with Gasteiger partial charge in [-0.2, -0.15) is 0 Å². The van der Waals surface area contributed by atoms with Crippen molar-refractivity contribution in [3.05, 3.63) is 65.2 Å². The Bertz CT molecular complexity index is 1540. The first-order valence-electron chi connectivity index (χ1n) is 14.5. The summed E-state index contributed by atoms with van der Waals surface area (Å²) in [6.07, 6.45) is -0.0419. The Hall–Kier alpha value is -4.13. The first kappa shape index (κ1) is 29.9. The standard InChI is InChI=1S/C31H31F4N3O6/c1-41-29(39)21-6-4-7-23(32)27(21)36-30(40)38-19-12-11-18(24(38)14-13-19)15-42-16-22-26(37-44-28(22)17-9-10-17)20-5-2-3-8-25(20)43-31(33,34)35/h2-8,17-19,24H,9-16H2,1H3,(H,36,40). The summed E-state index contributed by atoms with van der Waals surface area (Å²) >= 11 is 0. The molecule has 44 heavy (non-hydrogen) atoms. The Labute approximate surface area is 250 Å². The maximum atomic E-state index is 14.7. The number of aromatic nitrogens is 1. The van der Waals surface area contributed by atoms with Gasteiger partial charge in [0.2, 0.25) is 0 Å². The highest BCUT2D eigenvalue weighted by Crippen LogP contribution is 2.46. The highest BCUT2D eigenvalue weighted by Gasteiger charge is 2.45. The van der Waals surface area contributed by atoms with E-state index < -0.39 is 24.2 Å². The number of benzene rings is 2. The highest BCUT2D eigenvalue weighted by molar-refractivity contribution is 6.01. The lowest BCUT2D eigenvalue weighted by atomic mass is 9.91. The van der Waals surface area contributed by atoms with E-state index in [0.29, 0.717) is 11.3 Å². The van der Waals surface area contributed by atoms with Gasteiger partial charge in [0.15, 0.2) is 0 Å². The van der Waals surface area contributed by atoms with Crippen LogP contribution in [0.4, 0.5) is 28.0 Å². The zero-order valence-electron chi connectivity index (χ0n) is 23.9. The van der Waals surface area contributed by atoms with Crippen LogP contribution in [-0.2, 0) is 16.1 Å². The smallest absolute Gasteiger partial charge is 0.465 e. The van der Waals surface area contributed by atoms with Crippen LogP contribution in [0.1, 0.15) is 66.1 Å². The number of fused-ring (bicyclic) bond motifs is 2. The number of esters is 1. The van der Waals surface area contributed by atoms with E-state index in [1.54, 1.807) is 11.0 Å². The number of urea groups is 1. The van der Waals surface area contributed by atoms with Crippen LogP contribution in [0, 0.1) is 11.7 Å². The minimum Gasteiger partial charge on any atom is -0.465 e. The maximum Gasteiger partial charge on any atom is 0.573 e. The third-order valence-corrected chi connectivity index (χ3v) is 8.56. The molecule has 9 nitrogen and oxygen atoms in total. The molecule has 1 aromatic heterocycles. The van der Waals surface area contributed by atoms with E-state index in [4.69, 9.17) is 14.0 Å². The predicted octanol–water partition coefficient (Wildman–Crippen LogP) is 7.04. The number of nitrogens with zero attached hydrogens (tertiary/aromatic N) is 2. The molecule has 3 heterocycles. The minimum absolute atomic E-state index is 0.0270. The molecule has 2 aromatic carbocycles. The Balaban J connectivity index is 1.17. The number of alkyl halides is 3. The van der Waals surface area contributed by atoms with Crippen molar-refractivity contribution in [3.8, 4) is 17.0 Å². The summed E-state index contributed by atoms with van der Waals surface area (Å²) in [5, 5.41) is 6.72. The molecular weight excluding hydrogens is 586 g/mol. The van der Waals surface area contributed by atoms with Gasteiger partial charge in [0.25, 0.3) is 0 Å². The second-order valence-corrected chi connectivity index (χ2v) is 11.3. The van der Waals surface area contributed by atoms with Crippen LogP contribution < -0.4 is 10.1 Å². The second kappa shape index (κ2) is 12.1. The van der Waals surface area contributed by atoms with Gasteiger partial charge in [0.1, 0.15) is 23.0 Å². The molecule has 2 amide bonds.